The number of allylic oxidation sites excluding steroid dienone is 2. The van der Waals surface area contributed by atoms with Crippen LogP contribution in [-0.4, -0.2) is 126 Å². The van der Waals surface area contributed by atoms with Gasteiger partial charge in [-0.05, 0) is 196 Å². The summed E-state index contributed by atoms with van der Waals surface area (Å²) in [4.78, 5) is 146. The molecule has 0 radical (unpaired) electrons. The van der Waals surface area contributed by atoms with Crippen molar-refractivity contribution in [3.05, 3.63) is 203 Å². The number of carboxylic acids is 4. The van der Waals surface area contributed by atoms with Crippen molar-refractivity contribution in [3.8, 4) is 51.0 Å². The predicted octanol–water partition coefficient (Wildman–Crippen LogP) is 24.8. The molecule has 766 valence electrons. The van der Waals surface area contributed by atoms with Crippen LogP contribution in [0.2, 0.25) is 0 Å². The minimum absolute atomic E-state index is 0. The molecule has 2 aliphatic carbocycles. The van der Waals surface area contributed by atoms with Gasteiger partial charge in [-0.3, -0.25) is 43.2 Å². The fraction of sp³-hybridized carbons (Fsp3) is 0.504. The van der Waals surface area contributed by atoms with E-state index in [9.17, 15) is 73.2 Å². The smallest absolute Gasteiger partial charge is 0.344 e. The number of rotatable bonds is 64. The van der Waals surface area contributed by atoms with Crippen LogP contribution in [0.3, 0.4) is 0 Å². The van der Waals surface area contributed by atoms with Crippen molar-refractivity contribution in [2.75, 3.05) is 56.0 Å². The highest BCUT2D eigenvalue weighted by molar-refractivity contribution is 6.06. The lowest BCUT2D eigenvalue weighted by molar-refractivity contribution is -0.150. The van der Waals surface area contributed by atoms with Gasteiger partial charge in [-0.15, -0.1) is 0 Å². The fourth-order valence-electron chi connectivity index (χ4n) is 18.4. The maximum atomic E-state index is 14.6. The molecule has 0 fully saturated rings. The first kappa shape index (κ1) is 115. The lowest BCUT2D eigenvalue weighted by Gasteiger charge is -2.34. The number of hydrogen-bond donors (Lipinski definition) is 9. The average molecular weight is 1940 g/mol. The number of anilines is 3. The molecule has 5 amide bonds. The molecule has 0 heterocycles. The Balaban J connectivity index is 0.0000135. The van der Waals surface area contributed by atoms with Crippen LogP contribution < -0.4 is 50.3 Å². The van der Waals surface area contributed by atoms with E-state index in [0.717, 1.165) is 80.0 Å². The fourth-order valence-corrected chi connectivity index (χ4v) is 18.4. The molecule has 8 atom stereocenters. The number of amides is 5. The van der Waals surface area contributed by atoms with Gasteiger partial charge in [0.05, 0.1) is 67.3 Å². The maximum Gasteiger partial charge on any atom is 0.344 e. The van der Waals surface area contributed by atoms with Gasteiger partial charge in [0, 0.05) is 42.6 Å². The number of aliphatic carboxylic acids is 4. The molecule has 0 aromatic heterocycles. The van der Waals surface area contributed by atoms with Crippen LogP contribution in [0.5, 0.6) is 28.7 Å². The zero-order valence-corrected chi connectivity index (χ0v) is 82.4. The molecule has 2 aliphatic rings. The second-order valence-electron chi connectivity index (χ2n) is 37.3. The van der Waals surface area contributed by atoms with E-state index in [-0.39, 0.29) is 63.6 Å². The van der Waals surface area contributed by atoms with E-state index in [1.807, 2.05) is 43.3 Å². The molecule has 0 aliphatic heterocycles. The number of ether oxygens (including phenoxy) is 6. The van der Waals surface area contributed by atoms with Crippen LogP contribution in [0.4, 0.5) is 17.1 Å². The summed E-state index contributed by atoms with van der Waals surface area (Å²) < 4.78 is 37.0. The number of benzene rings is 7. The predicted molar refractivity (Wildman–Crippen MR) is 554 cm³/mol. The SMILES string of the molecule is C.C.CCCCCCCCCCCCOc1cc(C(=O)Oc2ccc(NC(=O)c3cc(-c4cccc(C)c4)cc(-c4cccc(NC(=O)C5C(C)=CC(C(CC(=O)NCCc6ccc(COC(=O)COc7ccc(NC(=O)C8CC(C(CC(=O)O)C(=O)NC)C=C(C)C8C(=O)O)cc7)cc6)C(=O)O)CC5C(=O)O)c4)c3)cc2)cc(OCCCCCCCCCCCC)c1OCCCCCCCCCCCC. The third kappa shape index (κ3) is 39.1. The summed E-state index contributed by atoms with van der Waals surface area (Å²) in [6.45, 7) is 12.8. The number of nitrogens with one attached hydrogen (secondary N) is 5. The second kappa shape index (κ2) is 62.5. The van der Waals surface area contributed by atoms with Gasteiger partial charge >= 0.3 is 35.8 Å². The summed E-state index contributed by atoms with van der Waals surface area (Å²) in [6.07, 6.45) is 37.8. The lowest BCUT2D eigenvalue weighted by Crippen LogP contribution is -2.42. The third-order valence-corrected chi connectivity index (χ3v) is 26.2. The van der Waals surface area contributed by atoms with Crippen molar-refractivity contribution < 1.29 is 102 Å². The Labute approximate surface area is 834 Å². The summed E-state index contributed by atoms with van der Waals surface area (Å²) in [7, 11) is 1.37. The van der Waals surface area contributed by atoms with Gasteiger partial charge in [-0.2, -0.15) is 0 Å². The van der Waals surface area contributed by atoms with E-state index in [1.54, 1.807) is 110 Å². The largest absolute Gasteiger partial charge is 0.490 e. The Bertz CT molecular complexity index is 5150. The zero-order chi connectivity index (χ0) is 99.8. The zero-order valence-electron chi connectivity index (χ0n) is 82.4. The van der Waals surface area contributed by atoms with Gasteiger partial charge in [0.2, 0.25) is 29.4 Å². The number of hydrogen-bond acceptors (Lipinski definition) is 17. The van der Waals surface area contributed by atoms with E-state index in [4.69, 9.17) is 28.4 Å². The highest BCUT2D eigenvalue weighted by atomic mass is 16.6. The van der Waals surface area contributed by atoms with E-state index in [1.165, 1.54) is 173 Å². The monoisotopic (exact) mass is 1940 g/mol. The molecule has 141 heavy (non-hydrogen) atoms. The van der Waals surface area contributed by atoms with Crippen LogP contribution in [0.25, 0.3) is 22.3 Å². The number of carbonyl (C=O) groups excluding carboxylic acids is 7. The van der Waals surface area contributed by atoms with Crippen molar-refractivity contribution in [2.24, 2.45) is 47.3 Å². The first-order chi connectivity index (χ1) is 67.2. The van der Waals surface area contributed by atoms with Gasteiger partial charge in [0.1, 0.15) is 18.1 Å². The summed E-state index contributed by atoms with van der Waals surface area (Å²) in [5.41, 5.74) is 7.48. The summed E-state index contributed by atoms with van der Waals surface area (Å²) in [5.74, 6) is -16.3. The normalized spacial score (nSPS) is 15.7. The van der Waals surface area contributed by atoms with Crippen LogP contribution in [0.1, 0.15) is 305 Å². The van der Waals surface area contributed by atoms with Gasteiger partial charge in [0.15, 0.2) is 18.1 Å². The number of carbonyl (C=O) groups is 11. The molecule has 8 unspecified atom stereocenters. The summed E-state index contributed by atoms with van der Waals surface area (Å²) in [5, 5.41) is 54.8. The first-order valence-electron chi connectivity index (χ1n) is 50.6. The van der Waals surface area contributed by atoms with Crippen LogP contribution in [0, 0.1) is 54.3 Å². The van der Waals surface area contributed by atoms with Crippen molar-refractivity contribution in [1.29, 1.82) is 0 Å². The second-order valence-corrected chi connectivity index (χ2v) is 37.3. The highest BCUT2D eigenvalue weighted by Gasteiger charge is 2.45. The lowest BCUT2D eigenvalue weighted by atomic mass is 9.69. The topological polar surface area (TPSA) is 384 Å². The summed E-state index contributed by atoms with van der Waals surface area (Å²) >= 11 is 0. The molecule has 0 bridgehead atoms. The number of unbranched alkanes of at least 4 members (excludes halogenated alkanes) is 27. The van der Waals surface area contributed by atoms with E-state index < -0.39 is 132 Å². The molecule has 7 aromatic carbocycles. The van der Waals surface area contributed by atoms with E-state index in [2.05, 4.69) is 47.4 Å². The average Bonchev–Trinajstić information content (AvgIpc) is 0.788. The minimum atomic E-state index is -1.36. The number of carboxylic acid groups (broad SMARTS) is 4. The number of esters is 2. The summed E-state index contributed by atoms with van der Waals surface area (Å²) in [6, 6.07) is 43.3. The maximum absolute atomic E-state index is 14.6. The minimum Gasteiger partial charge on any atom is -0.490 e. The van der Waals surface area contributed by atoms with Gasteiger partial charge < -0.3 is 75.4 Å². The quantitative estimate of drug-likeness (QED) is 0.00740. The molecule has 9 N–H and O–H groups in total. The van der Waals surface area contributed by atoms with Gasteiger partial charge in [-0.1, -0.05) is 299 Å². The Morgan fingerprint density at radius 2 is 0.887 bits per heavy atom. The van der Waals surface area contributed by atoms with Crippen LogP contribution >= 0.6 is 0 Å². The molecule has 26 nitrogen and oxygen atoms in total. The van der Waals surface area contributed by atoms with Crippen LogP contribution in [-0.2, 0) is 60.9 Å². The van der Waals surface area contributed by atoms with E-state index in [0.29, 0.717) is 88.3 Å². The molecule has 0 spiro atoms. The molecule has 0 saturated carbocycles. The Hall–Kier alpha value is -12.6. The van der Waals surface area contributed by atoms with E-state index >= 15 is 0 Å². The first-order valence-corrected chi connectivity index (χ1v) is 50.6. The molecular formula is C115H155N5O21. The van der Waals surface area contributed by atoms with Crippen molar-refractivity contribution in [1.82, 2.24) is 10.6 Å². The standard InChI is InChI=1S/C113H147N5O21.2CH4/c1-8-11-14-17-20-23-26-29-32-35-58-134-98-70-88(71-99(135-59-36-33-30-27-24-21-18-15-12-9-2)105(98)136-60-37-34-31-28-25-22-19-16-13-10-3)113(133)139-93-54-50-89(51-55-93)116-106(123)87-65-83(81-41-38-40-76(4)61-81)64-84(66-87)82-42-39-43-91(67-82)118-109(126)103-77(5)62-86(69-97(103)111(129)130)95(110(127)128)72-100(119)115-57-56-79-44-46-80(47-45-79)74-138-102(122)75-137-92-52-48-90(49-53-92)117-108(125)96-68-85(63-78(6)104(96)112(131)132)94(73-101(120)121)107(124)114-7;;/h38-55,61-67,70-71,85-86,94-97,103-104H,8-37,56-60,68-69,72-75H2,1-7H3,(H,114,124)(H,115,119)(H,116,123)(H,117,125)(H,118,126)(H,120,121)(H,127,128)(H,129,130)(H,131,132);2*1H4. The highest BCUT2D eigenvalue weighted by Crippen LogP contribution is 2.44. The Kier molecular flexibility index (Phi) is 51.2. The molecule has 7 aromatic rings. The molecule has 9 rings (SSSR count). The number of aryl methyl sites for hydroxylation is 1. The van der Waals surface area contributed by atoms with Crippen molar-refractivity contribution in [2.45, 2.75) is 288 Å². The van der Waals surface area contributed by atoms with Crippen LogP contribution in [0.15, 0.2) is 175 Å². The van der Waals surface area contributed by atoms with Gasteiger partial charge in [-0.25, -0.2) is 9.59 Å². The van der Waals surface area contributed by atoms with Crippen molar-refractivity contribution >= 4 is 82.4 Å². The van der Waals surface area contributed by atoms with Gasteiger partial charge in [0.25, 0.3) is 5.91 Å². The molecule has 26 heteroatoms. The molecular weight excluding hydrogens is 1790 g/mol. The Morgan fingerprint density at radius 1 is 0.418 bits per heavy atom. The van der Waals surface area contributed by atoms with Crippen molar-refractivity contribution in [3.63, 3.8) is 0 Å². The Morgan fingerprint density at radius 3 is 1.39 bits per heavy atom. The molecule has 0 saturated heterocycles. The third-order valence-electron chi connectivity index (χ3n) is 26.2.